The Balaban J connectivity index is 1.44. The minimum absolute atomic E-state index is 0.0531. The highest BCUT2D eigenvalue weighted by atomic mass is 32.1. The number of hydrogen-bond acceptors (Lipinski definition) is 7. The first-order valence-corrected chi connectivity index (χ1v) is 14.0. The fraction of sp³-hybridized carbons (Fsp3) is 0.188. The molecule has 0 atom stereocenters. The lowest BCUT2D eigenvalue weighted by Gasteiger charge is -2.18. The van der Waals surface area contributed by atoms with Gasteiger partial charge in [0.1, 0.15) is 5.69 Å². The lowest BCUT2D eigenvalue weighted by molar-refractivity contribution is 0.355. The number of rotatable bonds is 6. The summed E-state index contributed by atoms with van der Waals surface area (Å²) in [5.74, 6) is 1.75. The number of nitrogens with zero attached hydrogens (tertiary/aromatic N) is 5. The highest BCUT2D eigenvalue weighted by Crippen LogP contribution is 2.34. The molecule has 8 nitrogen and oxygen atoms in total. The van der Waals surface area contributed by atoms with Crippen molar-refractivity contribution in [3.05, 3.63) is 105 Å². The Kier molecular flexibility index (Phi) is 6.67. The van der Waals surface area contributed by atoms with E-state index in [1.807, 2.05) is 72.9 Å². The van der Waals surface area contributed by atoms with Crippen LogP contribution in [0.25, 0.3) is 39.4 Å². The highest BCUT2D eigenvalue weighted by Gasteiger charge is 2.18. The van der Waals surface area contributed by atoms with Crippen LogP contribution in [0.1, 0.15) is 31.9 Å². The SMILES string of the molecule is COc1ccc(-c2nn(-c3ccccc3)cc2C=c2sc3nc(-c4ccc(C(C)(C)C)cc4)nn3c2=O)cc1OC. The maximum atomic E-state index is 13.4. The molecular formula is C32H29N5O3S. The fourth-order valence-corrected chi connectivity index (χ4v) is 5.53. The first-order valence-electron chi connectivity index (χ1n) is 13.1. The van der Waals surface area contributed by atoms with Crippen LogP contribution in [0.5, 0.6) is 11.5 Å². The predicted octanol–water partition coefficient (Wildman–Crippen LogP) is 5.53. The second-order valence-electron chi connectivity index (χ2n) is 10.7. The molecule has 3 aromatic carbocycles. The summed E-state index contributed by atoms with van der Waals surface area (Å²) in [7, 11) is 3.20. The van der Waals surface area contributed by atoms with Gasteiger partial charge in [0.05, 0.1) is 24.4 Å². The third kappa shape index (κ3) is 5.00. The third-order valence-corrected chi connectivity index (χ3v) is 7.86. The molecule has 6 aromatic rings. The van der Waals surface area contributed by atoms with E-state index in [0.717, 1.165) is 22.4 Å². The molecule has 0 amide bonds. The van der Waals surface area contributed by atoms with E-state index in [1.165, 1.54) is 21.4 Å². The van der Waals surface area contributed by atoms with Crippen molar-refractivity contribution < 1.29 is 9.47 Å². The van der Waals surface area contributed by atoms with E-state index in [9.17, 15) is 4.79 Å². The largest absolute Gasteiger partial charge is 0.493 e. The first kappa shape index (κ1) is 26.5. The molecule has 0 bridgehead atoms. The maximum absolute atomic E-state index is 13.4. The number of ether oxygens (including phenoxy) is 2. The van der Waals surface area contributed by atoms with Crippen LogP contribution in [0.3, 0.4) is 0 Å². The summed E-state index contributed by atoms with van der Waals surface area (Å²) in [5.41, 5.74) is 5.15. The summed E-state index contributed by atoms with van der Waals surface area (Å²) < 4.78 is 14.6. The molecule has 0 fully saturated rings. The van der Waals surface area contributed by atoms with Gasteiger partial charge in [0.25, 0.3) is 5.56 Å². The van der Waals surface area contributed by atoms with Crippen molar-refractivity contribution >= 4 is 22.4 Å². The van der Waals surface area contributed by atoms with Crippen LogP contribution in [-0.4, -0.2) is 38.6 Å². The minimum Gasteiger partial charge on any atom is -0.493 e. The fourth-order valence-electron chi connectivity index (χ4n) is 4.63. The number of aromatic nitrogens is 5. The van der Waals surface area contributed by atoms with Gasteiger partial charge in [0.2, 0.25) is 4.96 Å². The van der Waals surface area contributed by atoms with Crippen LogP contribution in [-0.2, 0) is 5.41 Å². The molecule has 0 N–H and O–H groups in total. The van der Waals surface area contributed by atoms with Gasteiger partial charge in [0.15, 0.2) is 17.3 Å². The summed E-state index contributed by atoms with van der Waals surface area (Å²) in [5, 5.41) is 9.42. The van der Waals surface area contributed by atoms with E-state index in [4.69, 9.17) is 14.6 Å². The molecule has 206 valence electrons. The van der Waals surface area contributed by atoms with Gasteiger partial charge in [-0.3, -0.25) is 4.79 Å². The third-order valence-electron chi connectivity index (χ3n) is 6.90. The standard InChI is InChI=1S/C32H29N5O3S/c1-32(2,3)23-14-11-20(12-15-23)29-33-31-37(35-29)30(38)27(41-31)18-22-19-36(24-9-7-6-8-10-24)34-28(22)21-13-16-25(39-4)26(17-21)40-5/h6-19H,1-5H3. The summed E-state index contributed by atoms with van der Waals surface area (Å²) >= 11 is 1.30. The van der Waals surface area contributed by atoms with Gasteiger partial charge in [-0.1, -0.05) is 74.6 Å². The minimum atomic E-state index is -0.221. The first-order chi connectivity index (χ1) is 19.7. The van der Waals surface area contributed by atoms with Crippen molar-refractivity contribution in [3.8, 4) is 39.8 Å². The molecule has 3 heterocycles. The second-order valence-corrected chi connectivity index (χ2v) is 11.7. The van der Waals surface area contributed by atoms with Gasteiger partial charge in [-0.2, -0.15) is 14.6 Å². The van der Waals surface area contributed by atoms with Crippen LogP contribution in [0.15, 0.2) is 83.8 Å². The highest BCUT2D eigenvalue weighted by molar-refractivity contribution is 7.15. The average Bonchev–Trinajstić information content (AvgIpc) is 3.68. The molecular weight excluding hydrogens is 534 g/mol. The molecule has 9 heteroatoms. The van der Waals surface area contributed by atoms with E-state index in [1.54, 1.807) is 18.9 Å². The van der Waals surface area contributed by atoms with Gasteiger partial charge in [-0.05, 0) is 47.4 Å². The molecule has 0 saturated heterocycles. The zero-order valence-corrected chi connectivity index (χ0v) is 24.3. The quantitative estimate of drug-likeness (QED) is 0.265. The van der Waals surface area contributed by atoms with E-state index in [0.29, 0.717) is 32.5 Å². The van der Waals surface area contributed by atoms with Gasteiger partial charge < -0.3 is 9.47 Å². The topological polar surface area (TPSA) is 83.5 Å². The van der Waals surface area contributed by atoms with Crippen LogP contribution in [0, 0.1) is 0 Å². The average molecular weight is 564 g/mol. The Morgan fingerprint density at radius 2 is 1.56 bits per heavy atom. The molecule has 0 unspecified atom stereocenters. The molecule has 0 radical (unpaired) electrons. The van der Waals surface area contributed by atoms with E-state index in [2.05, 4.69) is 43.0 Å². The van der Waals surface area contributed by atoms with Crippen molar-refractivity contribution in [1.82, 2.24) is 24.4 Å². The lowest BCUT2D eigenvalue weighted by atomic mass is 9.87. The zero-order chi connectivity index (χ0) is 28.7. The Hall–Kier alpha value is -4.76. The van der Waals surface area contributed by atoms with Crippen molar-refractivity contribution in [2.24, 2.45) is 0 Å². The molecule has 3 aromatic heterocycles. The number of methoxy groups -OCH3 is 2. The molecule has 41 heavy (non-hydrogen) atoms. The monoisotopic (exact) mass is 563 g/mol. The lowest BCUT2D eigenvalue weighted by Crippen LogP contribution is -2.23. The number of para-hydroxylation sites is 1. The number of thiazole rings is 1. The Morgan fingerprint density at radius 3 is 2.22 bits per heavy atom. The van der Waals surface area contributed by atoms with Crippen LogP contribution in [0.2, 0.25) is 0 Å². The van der Waals surface area contributed by atoms with Crippen molar-refractivity contribution in [2.45, 2.75) is 26.2 Å². The summed E-state index contributed by atoms with van der Waals surface area (Å²) in [6.45, 7) is 6.53. The molecule has 0 aliphatic rings. The summed E-state index contributed by atoms with van der Waals surface area (Å²) in [4.78, 5) is 18.7. The van der Waals surface area contributed by atoms with Gasteiger partial charge in [-0.15, -0.1) is 5.10 Å². The van der Waals surface area contributed by atoms with E-state index in [-0.39, 0.29) is 11.0 Å². The molecule has 0 aliphatic carbocycles. The number of fused-ring (bicyclic) bond motifs is 1. The summed E-state index contributed by atoms with van der Waals surface area (Å²) in [6, 6.07) is 23.7. The second kappa shape index (κ2) is 10.3. The van der Waals surface area contributed by atoms with Crippen molar-refractivity contribution in [1.29, 1.82) is 0 Å². The zero-order valence-electron chi connectivity index (χ0n) is 23.5. The molecule has 0 aliphatic heterocycles. The van der Waals surface area contributed by atoms with Crippen LogP contribution < -0.4 is 19.6 Å². The molecule has 0 spiro atoms. The number of benzene rings is 3. The van der Waals surface area contributed by atoms with Gasteiger partial charge >= 0.3 is 0 Å². The Bertz CT molecular complexity index is 1970. The van der Waals surface area contributed by atoms with E-state index < -0.39 is 0 Å². The van der Waals surface area contributed by atoms with Crippen LogP contribution in [0.4, 0.5) is 0 Å². The smallest absolute Gasteiger partial charge is 0.291 e. The molecule has 0 saturated carbocycles. The normalized spacial score (nSPS) is 12.3. The number of hydrogen-bond donors (Lipinski definition) is 0. The van der Waals surface area contributed by atoms with Gasteiger partial charge in [-0.25, -0.2) is 4.68 Å². The van der Waals surface area contributed by atoms with Crippen LogP contribution >= 0.6 is 11.3 Å². The maximum Gasteiger partial charge on any atom is 0.291 e. The Morgan fingerprint density at radius 1 is 0.854 bits per heavy atom. The van der Waals surface area contributed by atoms with Gasteiger partial charge in [0, 0.05) is 22.9 Å². The Labute approximate surface area is 241 Å². The predicted molar refractivity (Wildman–Crippen MR) is 162 cm³/mol. The van der Waals surface area contributed by atoms with E-state index >= 15 is 0 Å². The van der Waals surface area contributed by atoms with Crippen molar-refractivity contribution in [2.75, 3.05) is 14.2 Å². The summed E-state index contributed by atoms with van der Waals surface area (Å²) in [6.07, 6.45) is 3.76. The van der Waals surface area contributed by atoms with Crippen molar-refractivity contribution in [3.63, 3.8) is 0 Å². The molecule has 6 rings (SSSR count).